The smallest absolute Gasteiger partial charge is 0.319 e. The average molecular weight is 420 g/mol. The molecule has 1 aliphatic heterocycles. The van der Waals surface area contributed by atoms with E-state index >= 15 is 0 Å². The highest BCUT2D eigenvalue weighted by Gasteiger charge is 2.23. The van der Waals surface area contributed by atoms with E-state index in [1.807, 2.05) is 52.9 Å². The van der Waals surface area contributed by atoms with Gasteiger partial charge in [0.15, 0.2) is 0 Å². The number of nitrogens with one attached hydrogen (secondary N) is 2. The molecule has 4 rings (SSSR count). The largest absolute Gasteiger partial charge is 0.343 e. The zero-order chi connectivity index (χ0) is 21.6. The van der Waals surface area contributed by atoms with Gasteiger partial charge in [-0.2, -0.15) is 0 Å². The molecule has 1 saturated heterocycles. The number of pyridine rings is 1. The molecule has 2 N–H and O–H groups in total. The Morgan fingerprint density at radius 3 is 2.61 bits per heavy atom. The number of aromatic nitrogens is 2. The van der Waals surface area contributed by atoms with Gasteiger partial charge in [-0.15, -0.1) is 0 Å². The van der Waals surface area contributed by atoms with Crippen molar-refractivity contribution in [3.63, 3.8) is 0 Å². The lowest BCUT2D eigenvalue weighted by atomic mass is 9.89. The first-order valence-electron chi connectivity index (χ1n) is 11.0. The molecule has 3 heterocycles. The summed E-state index contributed by atoms with van der Waals surface area (Å²) < 4.78 is 1.93. The zero-order valence-electron chi connectivity index (χ0n) is 17.9. The van der Waals surface area contributed by atoms with Crippen LogP contribution in [0.2, 0.25) is 0 Å². The van der Waals surface area contributed by atoms with Crippen LogP contribution in [0.4, 0.5) is 10.5 Å². The van der Waals surface area contributed by atoms with E-state index in [0.717, 1.165) is 49.2 Å². The molecule has 0 saturated carbocycles. The number of carbonyl (C=O) groups excluding carboxylic acids is 2. The van der Waals surface area contributed by atoms with Gasteiger partial charge >= 0.3 is 6.03 Å². The van der Waals surface area contributed by atoms with Gasteiger partial charge in [-0.1, -0.05) is 19.1 Å². The maximum absolute atomic E-state index is 12.3. The lowest BCUT2D eigenvalue weighted by molar-refractivity contribution is -0.132. The summed E-state index contributed by atoms with van der Waals surface area (Å²) in [5.74, 6) is 0.738. The average Bonchev–Trinajstić information content (AvgIpc) is 3.26. The molecule has 3 amide bonds. The molecule has 0 atom stereocenters. The molecule has 0 spiro atoms. The van der Waals surface area contributed by atoms with Gasteiger partial charge in [-0.05, 0) is 60.6 Å². The Kier molecular flexibility index (Phi) is 6.50. The van der Waals surface area contributed by atoms with Gasteiger partial charge in [0, 0.05) is 50.3 Å². The van der Waals surface area contributed by atoms with E-state index in [-0.39, 0.29) is 11.9 Å². The van der Waals surface area contributed by atoms with E-state index in [4.69, 9.17) is 0 Å². The van der Waals surface area contributed by atoms with E-state index in [2.05, 4.69) is 27.8 Å². The third-order valence-corrected chi connectivity index (χ3v) is 5.87. The van der Waals surface area contributed by atoms with E-state index in [1.54, 1.807) is 6.20 Å². The second-order valence-corrected chi connectivity index (χ2v) is 8.06. The van der Waals surface area contributed by atoms with Crippen molar-refractivity contribution >= 4 is 23.3 Å². The Balaban J connectivity index is 1.25. The first kappa shape index (κ1) is 20.9. The molecular weight excluding hydrogens is 390 g/mol. The van der Waals surface area contributed by atoms with Crippen molar-refractivity contribution in [3.05, 3.63) is 66.1 Å². The minimum Gasteiger partial charge on any atom is -0.343 e. The normalized spacial score (nSPS) is 14.5. The molecule has 1 fully saturated rings. The lowest BCUT2D eigenvalue weighted by Gasteiger charge is -2.32. The van der Waals surface area contributed by atoms with Crippen LogP contribution in [0.5, 0.6) is 0 Å². The summed E-state index contributed by atoms with van der Waals surface area (Å²) in [6, 6.07) is 11.7. The summed E-state index contributed by atoms with van der Waals surface area (Å²) in [7, 11) is 0. The highest BCUT2D eigenvalue weighted by Crippen LogP contribution is 2.29. The Hall–Kier alpha value is -3.35. The highest BCUT2D eigenvalue weighted by atomic mass is 16.2. The zero-order valence-corrected chi connectivity index (χ0v) is 17.9. The van der Waals surface area contributed by atoms with Crippen LogP contribution in [0.25, 0.3) is 5.65 Å². The van der Waals surface area contributed by atoms with Gasteiger partial charge in [0.2, 0.25) is 5.91 Å². The van der Waals surface area contributed by atoms with E-state index < -0.39 is 0 Å². The summed E-state index contributed by atoms with van der Waals surface area (Å²) in [6.45, 7) is 4.14. The minimum absolute atomic E-state index is 0.237. The number of amides is 3. The number of hydrogen-bond acceptors (Lipinski definition) is 3. The number of rotatable bonds is 6. The molecule has 0 unspecified atom stereocenters. The number of urea groups is 1. The summed E-state index contributed by atoms with van der Waals surface area (Å²) >= 11 is 0. The predicted molar refractivity (Wildman–Crippen MR) is 121 cm³/mol. The Bertz CT molecular complexity index is 1040. The summed E-state index contributed by atoms with van der Waals surface area (Å²) in [4.78, 5) is 30.6. The number of fused-ring (bicyclic) bond motifs is 1. The van der Waals surface area contributed by atoms with E-state index in [9.17, 15) is 9.59 Å². The predicted octanol–water partition coefficient (Wildman–Crippen LogP) is 4.16. The molecule has 1 aliphatic rings. The molecule has 0 aliphatic carbocycles. The monoisotopic (exact) mass is 419 g/mol. The van der Waals surface area contributed by atoms with Gasteiger partial charge < -0.3 is 19.9 Å². The van der Waals surface area contributed by atoms with Crippen LogP contribution < -0.4 is 10.6 Å². The molecule has 31 heavy (non-hydrogen) atoms. The van der Waals surface area contributed by atoms with Crippen molar-refractivity contribution in [1.82, 2.24) is 19.6 Å². The fourth-order valence-electron chi connectivity index (χ4n) is 4.09. The second kappa shape index (κ2) is 9.64. The van der Waals surface area contributed by atoms with Gasteiger partial charge in [0.25, 0.3) is 0 Å². The maximum Gasteiger partial charge on any atom is 0.319 e. The molecule has 7 nitrogen and oxygen atoms in total. The fourth-order valence-corrected chi connectivity index (χ4v) is 4.09. The minimum atomic E-state index is -0.237. The van der Waals surface area contributed by atoms with Crippen molar-refractivity contribution in [2.75, 3.05) is 18.4 Å². The van der Waals surface area contributed by atoms with Crippen molar-refractivity contribution in [1.29, 1.82) is 0 Å². The Morgan fingerprint density at radius 2 is 1.87 bits per heavy atom. The van der Waals surface area contributed by atoms with Crippen LogP contribution in [-0.4, -0.2) is 39.3 Å². The van der Waals surface area contributed by atoms with Crippen molar-refractivity contribution in [2.24, 2.45) is 0 Å². The number of nitrogens with zero attached hydrogens (tertiary/aromatic N) is 3. The standard InChI is InChI=1S/C24H29N5O2/c1-2-3-23(30)29-13-9-20(10-14-29)19-4-6-21(7-5-19)27-24(31)26-17-18-8-12-28-15-11-25-22(28)16-18/h4-8,11-12,15-16,20H,2-3,9-10,13-14,17H2,1H3,(H2,26,27,31). The van der Waals surface area contributed by atoms with E-state index in [1.165, 1.54) is 5.56 Å². The molecular formula is C24H29N5O2. The first-order chi connectivity index (χ1) is 15.1. The number of anilines is 1. The number of benzene rings is 1. The SMILES string of the molecule is CCCC(=O)N1CCC(c2ccc(NC(=O)NCc3ccn4ccnc4c3)cc2)CC1. The summed E-state index contributed by atoms with van der Waals surface area (Å²) in [6.07, 6.45) is 9.09. The fraction of sp³-hybridized carbons (Fsp3) is 0.375. The molecule has 2 aromatic heterocycles. The molecule has 0 bridgehead atoms. The van der Waals surface area contributed by atoms with Crippen LogP contribution in [0.3, 0.4) is 0 Å². The third kappa shape index (κ3) is 5.23. The Morgan fingerprint density at radius 1 is 1.10 bits per heavy atom. The second-order valence-electron chi connectivity index (χ2n) is 8.06. The maximum atomic E-state index is 12.3. The third-order valence-electron chi connectivity index (χ3n) is 5.87. The molecule has 7 heteroatoms. The molecule has 1 aromatic carbocycles. The van der Waals surface area contributed by atoms with Crippen molar-refractivity contribution < 1.29 is 9.59 Å². The van der Waals surface area contributed by atoms with Crippen molar-refractivity contribution in [3.8, 4) is 0 Å². The van der Waals surface area contributed by atoms with Crippen LogP contribution in [-0.2, 0) is 11.3 Å². The number of imidazole rings is 1. The lowest BCUT2D eigenvalue weighted by Crippen LogP contribution is -2.37. The topological polar surface area (TPSA) is 78.7 Å². The highest BCUT2D eigenvalue weighted by molar-refractivity contribution is 5.89. The van der Waals surface area contributed by atoms with Crippen LogP contribution in [0.15, 0.2) is 55.0 Å². The number of carbonyl (C=O) groups is 2. The van der Waals surface area contributed by atoms with Gasteiger partial charge in [-0.25, -0.2) is 9.78 Å². The van der Waals surface area contributed by atoms with Gasteiger partial charge in [-0.3, -0.25) is 4.79 Å². The first-order valence-corrected chi connectivity index (χ1v) is 11.0. The number of likely N-dealkylation sites (tertiary alicyclic amines) is 1. The quantitative estimate of drug-likeness (QED) is 0.630. The summed E-state index contributed by atoms with van der Waals surface area (Å²) in [5, 5.41) is 5.77. The number of hydrogen-bond donors (Lipinski definition) is 2. The van der Waals surface area contributed by atoms with Crippen molar-refractivity contribution in [2.45, 2.75) is 45.1 Å². The summed E-state index contributed by atoms with van der Waals surface area (Å²) in [5.41, 5.74) is 3.88. The number of piperidine rings is 1. The van der Waals surface area contributed by atoms with Crippen LogP contribution >= 0.6 is 0 Å². The van der Waals surface area contributed by atoms with Gasteiger partial charge in [0.05, 0.1) is 0 Å². The Labute approximate surface area is 182 Å². The van der Waals surface area contributed by atoms with E-state index in [0.29, 0.717) is 18.9 Å². The molecule has 0 radical (unpaired) electrons. The van der Waals surface area contributed by atoms with Crippen LogP contribution in [0.1, 0.15) is 49.7 Å². The molecule has 3 aromatic rings. The molecule has 162 valence electrons. The van der Waals surface area contributed by atoms with Crippen LogP contribution in [0, 0.1) is 0 Å². The van der Waals surface area contributed by atoms with Gasteiger partial charge in [0.1, 0.15) is 5.65 Å².